The van der Waals surface area contributed by atoms with Gasteiger partial charge >= 0.3 is 0 Å². The van der Waals surface area contributed by atoms with Crippen LogP contribution < -0.4 is 10.5 Å². The maximum Gasteiger partial charge on any atom is 0.224 e. The highest BCUT2D eigenvalue weighted by atomic mass is 79.9. The number of carbonyl (C=O) groups excluding carboxylic acids is 1. The third kappa shape index (κ3) is 3.96. The number of nitrogens with zero attached hydrogens (tertiary/aromatic N) is 1. The number of hydrogen-bond donors (Lipinski definition) is 1. The van der Waals surface area contributed by atoms with Crippen molar-refractivity contribution in [2.24, 2.45) is 11.7 Å². The number of halogens is 1. The second kappa shape index (κ2) is 6.59. The minimum Gasteiger partial charge on any atom is -0.496 e. The maximum absolute atomic E-state index is 12.2. The monoisotopic (exact) mass is 340 g/mol. The van der Waals surface area contributed by atoms with E-state index in [4.69, 9.17) is 10.5 Å². The van der Waals surface area contributed by atoms with Crippen LogP contribution in [0.5, 0.6) is 5.75 Å². The van der Waals surface area contributed by atoms with Gasteiger partial charge < -0.3 is 15.4 Å². The molecule has 0 aromatic heterocycles. The van der Waals surface area contributed by atoms with Crippen LogP contribution in [0.2, 0.25) is 0 Å². The molecule has 2 N–H and O–H groups in total. The second-order valence-corrected chi connectivity index (χ2v) is 6.33. The first-order chi connectivity index (χ1) is 9.51. The average Bonchev–Trinajstić information content (AvgIpc) is 3.23. The van der Waals surface area contributed by atoms with Gasteiger partial charge in [-0.15, -0.1) is 0 Å². The molecule has 1 amide bonds. The van der Waals surface area contributed by atoms with Gasteiger partial charge in [-0.3, -0.25) is 4.79 Å². The standard InChI is InChI=1S/C15H21BrN2O2/c1-18(15(19)8-13(17)10-3-4-10)9-11-7-12(16)5-6-14(11)20-2/h5-7,10,13H,3-4,8-9,17H2,1-2H3. The van der Waals surface area contributed by atoms with Gasteiger partial charge in [0.2, 0.25) is 5.91 Å². The molecule has 0 bridgehead atoms. The Labute approximate surface area is 128 Å². The molecule has 0 aliphatic heterocycles. The highest BCUT2D eigenvalue weighted by Crippen LogP contribution is 2.33. The van der Waals surface area contributed by atoms with Crippen molar-refractivity contribution in [3.05, 3.63) is 28.2 Å². The van der Waals surface area contributed by atoms with Crippen molar-refractivity contribution in [1.29, 1.82) is 0 Å². The lowest BCUT2D eigenvalue weighted by Crippen LogP contribution is -2.34. The molecule has 0 heterocycles. The van der Waals surface area contributed by atoms with Gasteiger partial charge in [-0.1, -0.05) is 15.9 Å². The van der Waals surface area contributed by atoms with Crippen LogP contribution in [0.1, 0.15) is 24.8 Å². The molecule has 1 saturated carbocycles. The number of rotatable bonds is 6. The Morgan fingerprint density at radius 2 is 2.25 bits per heavy atom. The van der Waals surface area contributed by atoms with E-state index in [1.807, 2.05) is 25.2 Å². The molecule has 1 aliphatic rings. The Balaban J connectivity index is 1.97. The van der Waals surface area contributed by atoms with E-state index in [0.29, 0.717) is 18.9 Å². The Bertz CT molecular complexity index is 489. The lowest BCUT2D eigenvalue weighted by atomic mass is 10.1. The minimum atomic E-state index is 0.00866. The van der Waals surface area contributed by atoms with Gasteiger partial charge in [0.15, 0.2) is 0 Å². The minimum absolute atomic E-state index is 0.00866. The van der Waals surface area contributed by atoms with Crippen LogP contribution >= 0.6 is 15.9 Å². The first-order valence-electron chi connectivity index (χ1n) is 6.83. The predicted octanol–water partition coefficient (Wildman–Crippen LogP) is 2.54. The molecular formula is C15H21BrN2O2. The number of amides is 1. The van der Waals surface area contributed by atoms with Gasteiger partial charge in [0, 0.05) is 36.1 Å². The van der Waals surface area contributed by atoms with Gasteiger partial charge in [-0.05, 0) is 37.0 Å². The van der Waals surface area contributed by atoms with E-state index in [1.54, 1.807) is 12.0 Å². The van der Waals surface area contributed by atoms with E-state index in [1.165, 1.54) is 0 Å². The normalized spacial score (nSPS) is 15.8. The van der Waals surface area contributed by atoms with E-state index in [0.717, 1.165) is 28.6 Å². The summed E-state index contributed by atoms with van der Waals surface area (Å²) in [6.45, 7) is 0.527. The van der Waals surface area contributed by atoms with Crippen molar-refractivity contribution in [1.82, 2.24) is 4.90 Å². The zero-order chi connectivity index (χ0) is 14.7. The van der Waals surface area contributed by atoms with Crippen molar-refractivity contribution >= 4 is 21.8 Å². The van der Waals surface area contributed by atoms with E-state index in [2.05, 4.69) is 15.9 Å². The highest BCUT2D eigenvalue weighted by molar-refractivity contribution is 9.10. The molecule has 1 fully saturated rings. The average molecular weight is 341 g/mol. The summed E-state index contributed by atoms with van der Waals surface area (Å²) >= 11 is 3.44. The van der Waals surface area contributed by atoms with Crippen LogP contribution in [0.4, 0.5) is 0 Å². The Kier molecular flexibility index (Phi) is 5.05. The van der Waals surface area contributed by atoms with Gasteiger partial charge in [-0.25, -0.2) is 0 Å². The second-order valence-electron chi connectivity index (χ2n) is 5.41. The molecule has 0 saturated heterocycles. The summed E-state index contributed by atoms with van der Waals surface area (Å²) in [5, 5.41) is 0. The molecule has 1 aromatic carbocycles. The third-order valence-electron chi connectivity index (χ3n) is 3.71. The van der Waals surface area contributed by atoms with Crippen LogP contribution in [-0.2, 0) is 11.3 Å². The number of ether oxygens (including phenoxy) is 1. The van der Waals surface area contributed by atoms with Gasteiger partial charge in [0.1, 0.15) is 5.75 Å². The van der Waals surface area contributed by atoms with E-state index in [-0.39, 0.29) is 11.9 Å². The zero-order valence-electron chi connectivity index (χ0n) is 11.9. The van der Waals surface area contributed by atoms with E-state index < -0.39 is 0 Å². The molecule has 2 rings (SSSR count). The van der Waals surface area contributed by atoms with Crippen LogP contribution in [0.15, 0.2) is 22.7 Å². The van der Waals surface area contributed by atoms with Crippen LogP contribution in [0, 0.1) is 5.92 Å². The van der Waals surface area contributed by atoms with Crippen molar-refractivity contribution < 1.29 is 9.53 Å². The summed E-state index contributed by atoms with van der Waals surface area (Å²) < 4.78 is 6.30. The summed E-state index contributed by atoms with van der Waals surface area (Å²) in [4.78, 5) is 13.9. The van der Waals surface area contributed by atoms with Crippen molar-refractivity contribution in [2.45, 2.75) is 31.8 Å². The van der Waals surface area contributed by atoms with Gasteiger partial charge in [-0.2, -0.15) is 0 Å². The molecule has 0 spiro atoms. The molecule has 110 valence electrons. The lowest BCUT2D eigenvalue weighted by Gasteiger charge is -2.21. The summed E-state index contributed by atoms with van der Waals surface area (Å²) in [6, 6.07) is 5.80. The van der Waals surface area contributed by atoms with Crippen LogP contribution in [-0.4, -0.2) is 31.0 Å². The predicted molar refractivity (Wildman–Crippen MR) is 82.5 cm³/mol. The van der Waals surface area contributed by atoms with Crippen LogP contribution in [0.3, 0.4) is 0 Å². The Hall–Kier alpha value is -1.07. The molecule has 0 radical (unpaired) electrons. The number of benzene rings is 1. The fourth-order valence-corrected chi connectivity index (χ4v) is 2.67. The largest absolute Gasteiger partial charge is 0.496 e. The van der Waals surface area contributed by atoms with Crippen molar-refractivity contribution in [2.75, 3.05) is 14.2 Å². The molecule has 1 aliphatic carbocycles. The highest BCUT2D eigenvalue weighted by Gasteiger charge is 2.30. The molecule has 1 unspecified atom stereocenters. The molecular weight excluding hydrogens is 320 g/mol. The number of carbonyl (C=O) groups is 1. The zero-order valence-corrected chi connectivity index (χ0v) is 13.5. The summed E-state index contributed by atoms with van der Waals surface area (Å²) in [6.07, 6.45) is 2.76. The Morgan fingerprint density at radius 3 is 2.85 bits per heavy atom. The number of hydrogen-bond acceptors (Lipinski definition) is 3. The van der Waals surface area contributed by atoms with E-state index in [9.17, 15) is 4.79 Å². The number of methoxy groups -OCH3 is 1. The maximum atomic E-state index is 12.2. The van der Waals surface area contributed by atoms with Crippen molar-refractivity contribution in [3.63, 3.8) is 0 Å². The topological polar surface area (TPSA) is 55.6 Å². The molecule has 1 atom stereocenters. The number of nitrogens with two attached hydrogens (primary N) is 1. The van der Waals surface area contributed by atoms with E-state index >= 15 is 0 Å². The first kappa shape index (κ1) is 15.3. The van der Waals surface area contributed by atoms with Crippen LogP contribution in [0.25, 0.3) is 0 Å². The summed E-state index contributed by atoms with van der Waals surface area (Å²) in [7, 11) is 3.44. The Morgan fingerprint density at radius 1 is 1.55 bits per heavy atom. The molecule has 4 nitrogen and oxygen atoms in total. The fraction of sp³-hybridized carbons (Fsp3) is 0.533. The smallest absolute Gasteiger partial charge is 0.224 e. The molecule has 1 aromatic rings. The third-order valence-corrected chi connectivity index (χ3v) is 4.21. The van der Waals surface area contributed by atoms with Gasteiger partial charge in [0.05, 0.1) is 7.11 Å². The van der Waals surface area contributed by atoms with Gasteiger partial charge in [0.25, 0.3) is 0 Å². The SMILES string of the molecule is COc1ccc(Br)cc1CN(C)C(=O)CC(N)C1CC1. The van der Waals surface area contributed by atoms with Crippen molar-refractivity contribution in [3.8, 4) is 5.75 Å². The first-order valence-corrected chi connectivity index (χ1v) is 7.62. The summed E-state index contributed by atoms with van der Waals surface area (Å²) in [5.41, 5.74) is 7.00. The summed E-state index contributed by atoms with van der Waals surface area (Å²) in [5.74, 6) is 1.43. The quantitative estimate of drug-likeness (QED) is 0.865. The fourth-order valence-electron chi connectivity index (χ4n) is 2.26. The lowest BCUT2D eigenvalue weighted by molar-refractivity contribution is -0.130. The molecule has 5 heteroatoms. The molecule has 20 heavy (non-hydrogen) atoms.